The Morgan fingerprint density at radius 1 is 1.07 bits per heavy atom. The maximum absolute atomic E-state index is 13.2. The van der Waals surface area contributed by atoms with Gasteiger partial charge >= 0.3 is 0 Å². The van der Waals surface area contributed by atoms with Crippen LogP contribution >= 0.6 is 0 Å². The Morgan fingerprint density at radius 3 is 2.55 bits per heavy atom. The first kappa shape index (κ1) is 28.2. The van der Waals surface area contributed by atoms with Gasteiger partial charge in [-0.25, -0.2) is 0 Å². The highest BCUT2D eigenvalue weighted by molar-refractivity contribution is 6.45. The van der Waals surface area contributed by atoms with Gasteiger partial charge in [-0.1, -0.05) is 61.5 Å². The topological polar surface area (TPSA) is 121 Å². The third-order valence-electron chi connectivity index (χ3n) is 6.49. The van der Waals surface area contributed by atoms with Crippen molar-refractivity contribution >= 4 is 28.9 Å². The van der Waals surface area contributed by atoms with Crippen LogP contribution < -0.4 is 16.4 Å². The molecule has 1 aliphatic rings. The van der Waals surface area contributed by atoms with Crippen LogP contribution in [0.1, 0.15) is 44.2 Å². The number of pyridine rings is 1. The molecule has 0 spiro atoms. The fraction of sp³-hybridized carbons (Fsp3) is 0.212. The van der Waals surface area contributed by atoms with E-state index < -0.39 is 5.91 Å². The van der Waals surface area contributed by atoms with E-state index in [1.165, 1.54) is 0 Å². The monoisotopic (exact) mass is 533 g/mol. The van der Waals surface area contributed by atoms with E-state index in [2.05, 4.69) is 27.8 Å². The largest absolute Gasteiger partial charge is 0.398 e. The second-order valence-electron chi connectivity index (χ2n) is 9.81. The highest BCUT2D eigenvalue weighted by Crippen LogP contribution is 2.31. The van der Waals surface area contributed by atoms with Gasteiger partial charge in [-0.05, 0) is 73.6 Å². The number of aromatic nitrogens is 1. The molecule has 0 atom stereocenters. The van der Waals surface area contributed by atoms with Crippen molar-refractivity contribution in [3.63, 3.8) is 0 Å². The average molecular weight is 534 g/mol. The summed E-state index contributed by atoms with van der Waals surface area (Å²) in [4.78, 5) is 29.7. The van der Waals surface area contributed by atoms with Crippen LogP contribution in [0, 0.1) is 11.3 Å². The number of carbonyl (C=O) groups is 2. The van der Waals surface area contributed by atoms with Gasteiger partial charge in [0.15, 0.2) is 0 Å². The molecule has 204 valence electrons. The third-order valence-corrected chi connectivity index (χ3v) is 6.49. The predicted molar refractivity (Wildman–Crippen MR) is 162 cm³/mol. The number of nitrogens with two attached hydrogens (primary N) is 1. The van der Waals surface area contributed by atoms with Crippen LogP contribution in [0.2, 0.25) is 0 Å². The number of amides is 2. The summed E-state index contributed by atoms with van der Waals surface area (Å²) in [5.74, 6) is -0.468. The molecule has 1 aliphatic carbocycles. The predicted octanol–water partition coefficient (Wildman–Crippen LogP) is 6.20. The number of anilines is 2. The van der Waals surface area contributed by atoms with E-state index in [9.17, 15) is 9.59 Å². The van der Waals surface area contributed by atoms with Gasteiger partial charge in [0.2, 0.25) is 5.91 Å². The molecule has 5 N–H and O–H groups in total. The molecule has 1 fully saturated rings. The molecule has 1 saturated carbocycles. The summed E-state index contributed by atoms with van der Waals surface area (Å²) in [5, 5.41) is 14.5. The molecule has 2 amide bonds. The van der Waals surface area contributed by atoms with Gasteiger partial charge in [0, 0.05) is 34.6 Å². The van der Waals surface area contributed by atoms with Crippen LogP contribution in [0.5, 0.6) is 0 Å². The number of benzene rings is 2. The maximum Gasteiger partial charge on any atom is 0.274 e. The van der Waals surface area contributed by atoms with E-state index in [0.29, 0.717) is 35.5 Å². The van der Waals surface area contributed by atoms with Crippen LogP contribution in [0.25, 0.3) is 11.1 Å². The summed E-state index contributed by atoms with van der Waals surface area (Å²) in [6.45, 7) is 3.95. The Hall–Kier alpha value is -4.78. The normalized spacial score (nSPS) is 13.8. The second-order valence-corrected chi connectivity index (χ2v) is 9.81. The summed E-state index contributed by atoms with van der Waals surface area (Å²) >= 11 is 0. The first-order valence-corrected chi connectivity index (χ1v) is 13.5. The molecule has 0 saturated heterocycles. The molecule has 7 heteroatoms. The molecule has 0 bridgehead atoms. The smallest absolute Gasteiger partial charge is 0.274 e. The lowest BCUT2D eigenvalue weighted by atomic mass is 9.99. The highest BCUT2D eigenvalue weighted by Gasteiger charge is 2.29. The Balaban J connectivity index is 1.53. The molecule has 3 aromatic rings. The zero-order chi connectivity index (χ0) is 28.5. The summed E-state index contributed by atoms with van der Waals surface area (Å²) in [6, 6.07) is 17.1. The Kier molecular flexibility index (Phi) is 9.41. The molecule has 40 heavy (non-hydrogen) atoms. The lowest BCUT2D eigenvalue weighted by molar-refractivity contribution is -0.117. The fourth-order valence-electron chi connectivity index (χ4n) is 4.29. The van der Waals surface area contributed by atoms with Crippen LogP contribution in [-0.4, -0.2) is 22.5 Å². The van der Waals surface area contributed by atoms with Crippen molar-refractivity contribution in [3.8, 4) is 11.1 Å². The molecule has 0 radical (unpaired) electrons. The average Bonchev–Trinajstić information content (AvgIpc) is 3.80. The highest BCUT2D eigenvalue weighted by atomic mass is 16.2. The first-order chi connectivity index (χ1) is 19.4. The van der Waals surface area contributed by atoms with Crippen LogP contribution in [0.3, 0.4) is 0 Å². The maximum atomic E-state index is 13.2. The Morgan fingerprint density at radius 2 is 1.85 bits per heavy atom. The van der Waals surface area contributed by atoms with Crippen molar-refractivity contribution < 1.29 is 9.59 Å². The zero-order valence-corrected chi connectivity index (χ0v) is 22.9. The van der Waals surface area contributed by atoms with E-state index in [1.807, 2.05) is 68.5 Å². The molecule has 0 unspecified atom stereocenters. The summed E-state index contributed by atoms with van der Waals surface area (Å²) < 4.78 is 0. The number of nitrogens with one attached hydrogen (secondary N) is 3. The van der Waals surface area contributed by atoms with Crippen molar-refractivity contribution in [2.24, 2.45) is 5.92 Å². The standard InChI is InChI=1S/C33H35N5O2/c1-3-8-23(16-22-10-6-5-7-11-22)17-27(9-4-2)37-33(40)31(35)29-19-25(14-15-30(29)34)26-18-28(21-36-20-26)38-32(39)24-12-13-24/h3,5-11,14-15,17-21,24,35H,4,12-13,16,34H2,1-2H3,(H,37,40)(H,38,39). The van der Waals surface area contributed by atoms with Gasteiger partial charge in [0.25, 0.3) is 5.91 Å². The SMILES string of the molecule is CC=CC(=CC(=CCC)NC(=O)C(=N)c1cc(-c2cncc(NC(=O)C3CC3)c2)ccc1N)Cc1ccccc1. The first-order valence-electron chi connectivity index (χ1n) is 13.5. The van der Waals surface area contributed by atoms with Crippen LogP contribution in [0.15, 0.2) is 103 Å². The third kappa shape index (κ3) is 7.63. The molecule has 2 aromatic carbocycles. The minimum absolute atomic E-state index is 0.00161. The number of hydrogen-bond donors (Lipinski definition) is 4. The van der Waals surface area contributed by atoms with Crippen LogP contribution in [-0.2, 0) is 16.0 Å². The number of allylic oxidation sites excluding steroid dienone is 5. The number of carbonyl (C=O) groups excluding carboxylic acids is 2. The van der Waals surface area contributed by atoms with E-state index in [0.717, 1.165) is 35.1 Å². The Bertz CT molecular complexity index is 1480. The van der Waals surface area contributed by atoms with Crippen LogP contribution in [0.4, 0.5) is 11.4 Å². The zero-order valence-electron chi connectivity index (χ0n) is 22.9. The molecule has 1 heterocycles. The van der Waals surface area contributed by atoms with Gasteiger partial charge in [0.1, 0.15) is 5.71 Å². The van der Waals surface area contributed by atoms with E-state index in [-0.39, 0.29) is 17.5 Å². The lowest BCUT2D eigenvalue weighted by Crippen LogP contribution is -2.30. The molecule has 1 aromatic heterocycles. The summed E-state index contributed by atoms with van der Waals surface area (Å²) in [5.41, 5.74) is 11.5. The van der Waals surface area contributed by atoms with E-state index >= 15 is 0 Å². The molecule has 4 rings (SSSR count). The van der Waals surface area contributed by atoms with Crippen molar-refractivity contribution in [1.82, 2.24) is 10.3 Å². The summed E-state index contributed by atoms with van der Waals surface area (Å²) in [7, 11) is 0. The fourth-order valence-corrected chi connectivity index (χ4v) is 4.29. The van der Waals surface area contributed by atoms with Gasteiger partial charge in [-0.2, -0.15) is 0 Å². The van der Waals surface area contributed by atoms with Crippen molar-refractivity contribution in [3.05, 3.63) is 114 Å². The second kappa shape index (κ2) is 13.3. The van der Waals surface area contributed by atoms with E-state index in [1.54, 1.807) is 24.5 Å². The number of nitrogen functional groups attached to an aromatic ring is 1. The van der Waals surface area contributed by atoms with Crippen molar-refractivity contribution in [2.45, 2.75) is 39.5 Å². The van der Waals surface area contributed by atoms with Gasteiger partial charge in [0.05, 0.1) is 11.9 Å². The minimum Gasteiger partial charge on any atom is -0.398 e. The lowest BCUT2D eigenvalue weighted by Gasteiger charge is -2.13. The molecular formula is C33H35N5O2. The summed E-state index contributed by atoms with van der Waals surface area (Å²) in [6.07, 6.45) is 14.4. The molecule has 0 aliphatic heterocycles. The Labute approximate surface area is 235 Å². The van der Waals surface area contributed by atoms with Crippen molar-refractivity contribution in [2.75, 3.05) is 11.1 Å². The number of nitrogens with zero attached hydrogens (tertiary/aromatic N) is 1. The number of rotatable bonds is 11. The van der Waals surface area contributed by atoms with Crippen molar-refractivity contribution in [1.29, 1.82) is 5.41 Å². The molecular weight excluding hydrogens is 498 g/mol. The van der Waals surface area contributed by atoms with Gasteiger partial charge in [-0.15, -0.1) is 0 Å². The van der Waals surface area contributed by atoms with Gasteiger partial charge < -0.3 is 16.4 Å². The molecule has 7 nitrogen and oxygen atoms in total. The van der Waals surface area contributed by atoms with E-state index in [4.69, 9.17) is 11.1 Å². The quantitative estimate of drug-likeness (QED) is 0.133. The van der Waals surface area contributed by atoms with Gasteiger partial charge in [-0.3, -0.25) is 20.0 Å². The minimum atomic E-state index is -0.553. The number of hydrogen-bond acceptors (Lipinski definition) is 5.